The summed E-state index contributed by atoms with van der Waals surface area (Å²) in [6.07, 6.45) is 2.23. The molecular formula is C14H23NO2. The monoisotopic (exact) mass is 237 g/mol. The lowest BCUT2D eigenvalue weighted by Crippen LogP contribution is -2.20. The van der Waals surface area contributed by atoms with Crippen LogP contribution >= 0.6 is 0 Å². The lowest BCUT2D eigenvalue weighted by Gasteiger charge is -2.17. The van der Waals surface area contributed by atoms with Gasteiger partial charge in [0.25, 0.3) is 0 Å². The molecule has 0 spiro atoms. The molecule has 0 amide bonds. The standard InChI is InChI=1S/C14H23NO2/c1-12(15-10-6-7-11-16-2)13-8-4-5-9-14(13)17-3/h4-5,8-9,12,15H,6-7,10-11H2,1-3H3. The second-order valence-corrected chi connectivity index (χ2v) is 4.12. The molecule has 0 radical (unpaired) electrons. The van der Waals surface area contributed by atoms with Gasteiger partial charge in [-0.3, -0.25) is 0 Å². The highest BCUT2D eigenvalue weighted by Gasteiger charge is 2.09. The molecule has 17 heavy (non-hydrogen) atoms. The zero-order valence-electron chi connectivity index (χ0n) is 11.0. The number of ether oxygens (including phenoxy) is 2. The number of methoxy groups -OCH3 is 2. The summed E-state index contributed by atoms with van der Waals surface area (Å²) in [6, 6.07) is 8.45. The van der Waals surface area contributed by atoms with Gasteiger partial charge in [-0.15, -0.1) is 0 Å². The van der Waals surface area contributed by atoms with Crippen LogP contribution in [0, 0.1) is 0 Å². The van der Waals surface area contributed by atoms with Crippen LogP contribution in [-0.2, 0) is 4.74 Å². The van der Waals surface area contributed by atoms with Gasteiger partial charge in [-0.1, -0.05) is 18.2 Å². The van der Waals surface area contributed by atoms with Crippen molar-refractivity contribution in [1.82, 2.24) is 5.32 Å². The van der Waals surface area contributed by atoms with Gasteiger partial charge >= 0.3 is 0 Å². The van der Waals surface area contributed by atoms with Crippen LogP contribution < -0.4 is 10.1 Å². The molecule has 0 saturated carbocycles. The quantitative estimate of drug-likeness (QED) is 0.705. The van der Waals surface area contributed by atoms with Crippen LogP contribution in [0.5, 0.6) is 5.75 Å². The number of hydrogen-bond donors (Lipinski definition) is 1. The summed E-state index contributed by atoms with van der Waals surface area (Å²) < 4.78 is 10.4. The Hall–Kier alpha value is -1.06. The van der Waals surface area contributed by atoms with E-state index in [1.165, 1.54) is 5.56 Å². The van der Waals surface area contributed by atoms with Crippen LogP contribution in [0.4, 0.5) is 0 Å². The van der Waals surface area contributed by atoms with Crippen LogP contribution in [0.3, 0.4) is 0 Å². The molecule has 96 valence electrons. The number of nitrogens with one attached hydrogen (secondary N) is 1. The molecule has 0 aliphatic rings. The molecule has 0 heterocycles. The Morgan fingerprint density at radius 3 is 2.65 bits per heavy atom. The van der Waals surface area contributed by atoms with Gasteiger partial charge in [-0.2, -0.15) is 0 Å². The molecule has 3 heteroatoms. The minimum absolute atomic E-state index is 0.314. The summed E-state index contributed by atoms with van der Waals surface area (Å²) in [4.78, 5) is 0. The maximum absolute atomic E-state index is 5.35. The van der Waals surface area contributed by atoms with Crippen LogP contribution in [0.25, 0.3) is 0 Å². The normalized spacial score (nSPS) is 12.4. The van der Waals surface area contributed by atoms with Crippen molar-refractivity contribution in [1.29, 1.82) is 0 Å². The third-order valence-corrected chi connectivity index (χ3v) is 2.83. The zero-order chi connectivity index (χ0) is 12.5. The molecule has 0 saturated heterocycles. The smallest absolute Gasteiger partial charge is 0.123 e. The van der Waals surface area contributed by atoms with Gasteiger partial charge in [0, 0.05) is 25.3 Å². The van der Waals surface area contributed by atoms with E-state index >= 15 is 0 Å². The van der Waals surface area contributed by atoms with E-state index in [2.05, 4.69) is 18.3 Å². The van der Waals surface area contributed by atoms with Crippen molar-refractivity contribution >= 4 is 0 Å². The van der Waals surface area contributed by atoms with Crippen LogP contribution in [-0.4, -0.2) is 27.4 Å². The molecule has 1 atom stereocenters. The summed E-state index contributed by atoms with van der Waals surface area (Å²) in [5, 5.41) is 3.50. The molecule has 0 aromatic heterocycles. The average molecular weight is 237 g/mol. The molecule has 1 rings (SSSR count). The number of benzene rings is 1. The molecule has 3 nitrogen and oxygen atoms in total. The first-order valence-corrected chi connectivity index (χ1v) is 6.14. The maximum atomic E-state index is 5.35. The SMILES string of the molecule is COCCCCNC(C)c1ccccc1OC. The average Bonchev–Trinajstić information content (AvgIpc) is 2.38. The van der Waals surface area contributed by atoms with Gasteiger partial charge in [0.2, 0.25) is 0 Å². The van der Waals surface area contributed by atoms with Gasteiger partial charge in [0.15, 0.2) is 0 Å². The third-order valence-electron chi connectivity index (χ3n) is 2.83. The second-order valence-electron chi connectivity index (χ2n) is 4.12. The predicted octanol–water partition coefficient (Wildman–Crippen LogP) is 2.77. The van der Waals surface area contributed by atoms with Crippen molar-refractivity contribution in [2.24, 2.45) is 0 Å². The Morgan fingerprint density at radius 1 is 1.18 bits per heavy atom. The number of hydrogen-bond acceptors (Lipinski definition) is 3. The van der Waals surface area contributed by atoms with E-state index < -0.39 is 0 Å². The third kappa shape index (κ3) is 4.75. The molecule has 1 N–H and O–H groups in total. The summed E-state index contributed by atoms with van der Waals surface area (Å²) in [5.74, 6) is 0.949. The molecule has 1 unspecified atom stereocenters. The fourth-order valence-corrected chi connectivity index (χ4v) is 1.82. The minimum Gasteiger partial charge on any atom is -0.496 e. The van der Waals surface area contributed by atoms with Crippen molar-refractivity contribution in [3.63, 3.8) is 0 Å². The Morgan fingerprint density at radius 2 is 1.94 bits per heavy atom. The van der Waals surface area contributed by atoms with E-state index in [0.717, 1.165) is 31.7 Å². The van der Waals surface area contributed by atoms with Crippen molar-refractivity contribution in [3.8, 4) is 5.75 Å². The van der Waals surface area contributed by atoms with Gasteiger partial charge in [-0.25, -0.2) is 0 Å². The molecule has 1 aromatic rings. The van der Waals surface area contributed by atoms with E-state index in [-0.39, 0.29) is 0 Å². The van der Waals surface area contributed by atoms with Gasteiger partial charge in [0.05, 0.1) is 7.11 Å². The van der Waals surface area contributed by atoms with E-state index in [0.29, 0.717) is 6.04 Å². The highest BCUT2D eigenvalue weighted by molar-refractivity contribution is 5.35. The molecule has 0 aliphatic carbocycles. The highest BCUT2D eigenvalue weighted by Crippen LogP contribution is 2.24. The number of rotatable bonds is 8. The molecule has 0 aliphatic heterocycles. The summed E-state index contributed by atoms with van der Waals surface area (Å²) in [7, 11) is 3.45. The van der Waals surface area contributed by atoms with Crippen LogP contribution in [0.2, 0.25) is 0 Å². The molecule has 0 bridgehead atoms. The first-order valence-electron chi connectivity index (χ1n) is 6.14. The highest BCUT2D eigenvalue weighted by atomic mass is 16.5. The van der Waals surface area contributed by atoms with E-state index in [9.17, 15) is 0 Å². The second kappa shape index (κ2) is 8.09. The van der Waals surface area contributed by atoms with Crippen molar-refractivity contribution in [3.05, 3.63) is 29.8 Å². The van der Waals surface area contributed by atoms with Gasteiger partial charge in [0.1, 0.15) is 5.75 Å². The lowest BCUT2D eigenvalue weighted by molar-refractivity contribution is 0.192. The molecule has 1 aromatic carbocycles. The first kappa shape index (κ1) is 14.0. The maximum Gasteiger partial charge on any atom is 0.123 e. The summed E-state index contributed by atoms with van der Waals surface area (Å²) in [6.45, 7) is 4.00. The topological polar surface area (TPSA) is 30.5 Å². The van der Waals surface area contributed by atoms with E-state index in [1.807, 2.05) is 18.2 Å². The Bertz CT molecular complexity index is 315. The minimum atomic E-state index is 0.314. The Balaban J connectivity index is 2.38. The van der Waals surface area contributed by atoms with Crippen molar-refractivity contribution < 1.29 is 9.47 Å². The Labute approximate surface area is 104 Å². The summed E-state index contributed by atoms with van der Waals surface area (Å²) in [5.41, 5.74) is 1.21. The number of unbranched alkanes of at least 4 members (excludes halogenated alkanes) is 1. The predicted molar refractivity (Wildman–Crippen MR) is 70.5 cm³/mol. The van der Waals surface area contributed by atoms with Crippen molar-refractivity contribution in [2.75, 3.05) is 27.4 Å². The number of para-hydroxylation sites is 1. The Kier molecular flexibility index (Phi) is 6.67. The molecular weight excluding hydrogens is 214 g/mol. The van der Waals surface area contributed by atoms with E-state index in [1.54, 1.807) is 14.2 Å². The zero-order valence-corrected chi connectivity index (χ0v) is 11.0. The van der Waals surface area contributed by atoms with Crippen molar-refractivity contribution in [2.45, 2.75) is 25.8 Å². The fourth-order valence-electron chi connectivity index (χ4n) is 1.82. The largest absolute Gasteiger partial charge is 0.496 e. The van der Waals surface area contributed by atoms with Gasteiger partial charge < -0.3 is 14.8 Å². The van der Waals surface area contributed by atoms with Gasteiger partial charge in [-0.05, 0) is 32.4 Å². The lowest BCUT2D eigenvalue weighted by atomic mass is 10.1. The molecule has 0 fully saturated rings. The fraction of sp³-hybridized carbons (Fsp3) is 0.571. The summed E-state index contributed by atoms with van der Waals surface area (Å²) >= 11 is 0. The van der Waals surface area contributed by atoms with E-state index in [4.69, 9.17) is 9.47 Å². The first-order chi connectivity index (χ1) is 8.29. The van der Waals surface area contributed by atoms with Crippen LogP contribution in [0.1, 0.15) is 31.4 Å². The van der Waals surface area contributed by atoms with Crippen LogP contribution in [0.15, 0.2) is 24.3 Å².